The summed E-state index contributed by atoms with van der Waals surface area (Å²) in [5.74, 6) is 1.83. The van der Waals surface area contributed by atoms with Crippen molar-refractivity contribution in [3.63, 3.8) is 0 Å². The summed E-state index contributed by atoms with van der Waals surface area (Å²) in [5, 5.41) is 3.53. The van der Waals surface area contributed by atoms with Crippen LogP contribution in [0, 0.1) is 0 Å². The number of ether oxygens (including phenoxy) is 2. The van der Waals surface area contributed by atoms with Gasteiger partial charge in [-0.25, -0.2) is 0 Å². The van der Waals surface area contributed by atoms with E-state index in [-0.39, 0.29) is 5.60 Å². The average molecular weight is 249 g/mol. The summed E-state index contributed by atoms with van der Waals surface area (Å²) in [6, 6.07) is 6.51. The summed E-state index contributed by atoms with van der Waals surface area (Å²) >= 11 is 0. The first-order chi connectivity index (χ1) is 8.55. The van der Waals surface area contributed by atoms with Gasteiger partial charge < -0.3 is 14.8 Å². The lowest BCUT2D eigenvalue weighted by Crippen LogP contribution is -2.39. The van der Waals surface area contributed by atoms with Crippen molar-refractivity contribution in [2.24, 2.45) is 0 Å². The fraction of sp³-hybridized carbons (Fsp3) is 0.600. The zero-order valence-electron chi connectivity index (χ0n) is 11.7. The minimum absolute atomic E-state index is 0.134. The van der Waals surface area contributed by atoms with Gasteiger partial charge in [0.1, 0.15) is 17.1 Å². The molecule has 3 heteroatoms. The second-order valence-electron chi connectivity index (χ2n) is 5.31. The van der Waals surface area contributed by atoms with Gasteiger partial charge in [0.2, 0.25) is 0 Å². The van der Waals surface area contributed by atoms with Gasteiger partial charge in [-0.05, 0) is 33.4 Å². The van der Waals surface area contributed by atoms with Crippen LogP contribution in [0.2, 0.25) is 0 Å². The van der Waals surface area contributed by atoms with Crippen LogP contribution in [-0.2, 0) is 0 Å². The lowest BCUT2D eigenvalue weighted by molar-refractivity contribution is 0.0660. The van der Waals surface area contributed by atoms with Crippen molar-refractivity contribution >= 4 is 0 Å². The van der Waals surface area contributed by atoms with Crippen LogP contribution in [0.4, 0.5) is 0 Å². The maximum Gasteiger partial charge on any atom is 0.128 e. The molecule has 0 saturated carbocycles. The van der Waals surface area contributed by atoms with E-state index in [1.807, 2.05) is 19.1 Å². The Morgan fingerprint density at radius 2 is 2.17 bits per heavy atom. The Morgan fingerprint density at radius 3 is 2.83 bits per heavy atom. The van der Waals surface area contributed by atoms with E-state index in [0.29, 0.717) is 12.6 Å². The van der Waals surface area contributed by atoms with Crippen LogP contribution in [-0.4, -0.2) is 18.8 Å². The average Bonchev–Trinajstić information content (AvgIpc) is 2.27. The van der Waals surface area contributed by atoms with Crippen molar-refractivity contribution in [2.75, 3.05) is 13.2 Å². The maximum atomic E-state index is 6.06. The van der Waals surface area contributed by atoms with Crippen LogP contribution < -0.4 is 14.8 Å². The summed E-state index contributed by atoms with van der Waals surface area (Å²) in [7, 11) is 0. The van der Waals surface area contributed by atoms with E-state index < -0.39 is 0 Å². The van der Waals surface area contributed by atoms with Crippen molar-refractivity contribution in [1.82, 2.24) is 5.32 Å². The van der Waals surface area contributed by atoms with Gasteiger partial charge in [0, 0.05) is 24.1 Å². The SMILES string of the molecule is CCNC1CC(C)(C)Oc2cc(OCC)ccc21. The molecule has 2 rings (SSSR count). The zero-order chi connectivity index (χ0) is 13.2. The number of fused-ring (bicyclic) bond motifs is 1. The molecule has 1 aromatic carbocycles. The van der Waals surface area contributed by atoms with E-state index in [0.717, 1.165) is 24.5 Å². The molecule has 0 bridgehead atoms. The molecule has 3 nitrogen and oxygen atoms in total. The van der Waals surface area contributed by atoms with Crippen molar-refractivity contribution in [2.45, 2.75) is 45.8 Å². The van der Waals surface area contributed by atoms with Gasteiger partial charge in [-0.15, -0.1) is 0 Å². The number of hydrogen-bond donors (Lipinski definition) is 1. The highest BCUT2D eigenvalue weighted by Gasteiger charge is 2.33. The Labute approximate surface area is 109 Å². The molecule has 1 heterocycles. The Morgan fingerprint density at radius 1 is 1.39 bits per heavy atom. The molecule has 1 aromatic rings. The molecular formula is C15H23NO2. The van der Waals surface area contributed by atoms with Gasteiger partial charge >= 0.3 is 0 Å². The molecule has 1 N–H and O–H groups in total. The molecule has 1 unspecified atom stereocenters. The fourth-order valence-electron chi connectivity index (χ4n) is 2.52. The first-order valence-corrected chi connectivity index (χ1v) is 6.75. The Balaban J connectivity index is 2.32. The third-order valence-corrected chi connectivity index (χ3v) is 3.20. The molecule has 100 valence electrons. The molecule has 0 spiro atoms. The van der Waals surface area contributed by atoms with Crippen molar-refractivity contribution < 1.29 is 9.47 Å². The van der Waals surface area contributed by atoms with Gasteiger partial charge in [0.25, 0.3) is 0 Å². The Bertz CT molecular complexity index is 415. The van der Waals surface area contributed by atoms with E-state index in [9.17, 15) is 0 Å². The highest BCUT2D eigenvalue weighted by molar-refractivity contribution is 5.44. The topological polar surface area (TPSA) is 30.5 Å². The molecular weight excluding hydrogens is 226 g/mol. The summed E-state index contributed by atoms with van der Waals surface area (Å²) in [6.45, 7) is 10.0. The van der Waals surface area contributed by atoms with Gasteiger partial charge in [-0.3, -0.25) is 0 Å². The fourth-order valence-corrected chi connectivity index (χ4v) is 2.52. The first kappa shape index (κ1) is 13.2. The van der Waals surface area contributed by atoms with Crippen LogP contribution >= 0.6 is 0 Å². The van der Waals surface area contributed by atoms with E-state index in [2.05, 4.69) is 32.2 Å². The van der Waals surface area contributed by atoms with Crippen molar-refractivity contribution in [3.05, 3.63) is 23.8 Å². The normalized spacial score (nSPS) is 21.0. The highest BCUT2D eigenvalue weighted by atomic mass is 16.5. The van der Waals surface area contributed by atoms with Gasteiger partial charge in [0.15, 0.2) is 0 Å². The standard InChI is InChI=1S/C15H23NO2/c1-5-16-13-10-15(3,4)18-14-9-11(17-6-2)7-8-12(13)14/h7-9,13,16H,5-6,10H2,1-4H3. The van der Waals surface area contributed by atoms with Crippen LogP contribution in [0.25, 0.3) is 0 Å². The molecule has 0 amide bonds. The summed E-state index contributed by atoms with van der Waals surface area (Å²) in [5.41, 5.74) is 1.10. The summed E-state index contributed by atoms with van der Waals surface area (Å²) in [4.78, 5) is 0. The molecule has 0 fully saturated rings. The van der Waals surface area contributed by atoms with Gasteiger partial charge in [-0.2, -0.15) is 0 Å². The number of rotatable bonds is 4. The van der Waals surface area contributed by atoms with Gasteiger partial charge in [0.05, 0.1) is 6.61 Å². The second-order valence-corrected chi connectivity index (χ2v) is 5.31. The van der Waals surface area contributed by atoms with E-state index >= 15 is 0 Å². The second kappa shape index (κ2) is 5.19. The lowest BCUT2D eigenvalue weighted by atomic mass is 9.89. The van der Waals surface area contributed by atoms with Crippen LogP contribution in [0.3, 0.4) is 0 Å². The smallest absolute Gasteiger partial charge is 0.128 e. The molecule has 0 saturated heterocycles. The van der Waals surface area contributed by atoms with Crippen LogP contribution in [0.5, 0.6) is 11.5 Å². The van der Waals surface area contributed by atoms with Crippen molar-refractivity contribution in [1.29, 1.82) is 0 Å². The third kappa shape index (κ3) is 2.78. The molecule has 1 atom stereocenters. The van der Waals surface area contributed by atoms with Crippen molar-refractivity contribution in [3.8, 4) is 11.5 Å². The quantitative estimate of drug-likeness (QED) is 0.888. The predicted octanol–water partition coefficient (Wildman–Crippen LogP) is 3.30. The molecule has 0 aliphatic carbocycles. The zero-order valence-corrected chi connectivity index (χ0v) is 11.7. The van der Waals surface area contributed by atoms with E-state index in [1.165, 1.54) is 5.56 Å². The molecule has 0 aromatic heterocycles. The monoisotopic (exact) mass is 249 g/mol. The Hall–Kier alpha value is -1.22. The predicted molar refractivity (Wildman–Crippen MR) is 73.4 cm³/mol. The summed E-state index contributed by atoms with van der Waals surface area (Å²) < 4.78 is 11.6. The minimum Gasteiger partial charge on any atom is -0.494 e. The minimum atomic E-state index is -0.134. The number of hydrogen-bond acceptors (Lipinski definition) is 3. The number of benzene rings is 1. The molecule has 18 heavy (non-hydrogen) atoms. The lowest BCUT2D eigenvalue weighted by Gasteiger charge is -2.38. The highest BCUT2D eigenvalue weighted by Crippen LogP contribution is 2.41. The van der Waals surface area contributed by atoms with Crippen LogP contribution in [0.1, 0.15) is 45.7 Å². The summed E-state index contributed by atoms with van der Waals surface area (Å²) in [6.07, 6.45) is 0.988. The molecule has 1 aliphatic heterocycles. The Kier molecular flexibility index (Phi) is 3.81. The molecule has 1 aliphatic rings. The first-order valence-electron chi connectivity index (χ1n) is 6.75. The maximum absolute atomic E-state index is 6.06. The van der Waals surface area contributed by atoms with E-state index in [4.69, 9.17) is 9.47 Å². The third-order valence-electron chi connectivity index (χ3n) is 3.20. The van der Waals surface area contributed by atoms with Crippen LogP contribution in [0.15, 0.2) is 18.2 Å². The number of nitrogens with one attached hydrogen (secondary N) is 1. The largest absolute Gasteiger partial charge is 0.494 e. The van der Waals surface area contributed by atoms with Gasteiger partial charge in [-0.1, -0.05) is 13.0 Å². The molecule has 0 radical (unpaired) electrons. The van der Waals surface area contributed by atoms with E-state index in [1.54, 1.807) is 0 Å².